The summed E-state index contributed by atoms with van der Waals surface area (Å²) >= 11 is 0. The molecule has 0 bridgehead atoms. The molecular weight excluding hydrogens is 389 g/mol. The molecule has 0 saturated carbocycles. The van der Waals surface area contributed by atoms with Crippen molar-refractivity contribution in [3.8, 4) is 16.9 Å². The number of alkyl halides is 3. The molecule has 5 nitrogen and oxygen atoms in total. The minimum absolute atomic E-state index is 0.0188. The molecule has 0 amide bonds. The summed E-state index contributed by atoms with van der Waals surface area (Å²) in [6.45, 7) is 2.25. The zero-order valence-corrected chi connectivity index (χ0v) is 15.0. The van der Waals surface area contributed by atoms with Crippen LogP contribution < -0.4 is 16.0 Å². The van der Waals surface area contributed by atoms with Gasteiger partial charge < -0.3 is 13.6 Å². The molecule has 0 spiro atoms. The van der Waals surface area contributed by atoms with E-state index in [1.165, 1.54) is 24.3 Å². The summed E-state index contributed by atoms with van der Waals surface area (Å²) in [6, 6.07) is 10.7. The fourth-order valence-electron chi connectivity index (χ4n) is 3.17. The second kappa shape index (κ2) is 6.80. The van der Waals surface area contributed by atoms with Gasteiger partial charge in [-0.2, -0.15) is 13.2 Å². The number of hydrogen-bond acceptors (Lipinski definition) is 5. The van der Waals surface area contributed by atoms with Crippen LogP contribution in [-0.4, -0.2) is 6.61 Å². The second-order valence-corrected chi connectivity index (χ2v) is 6.24. The Kier molecular flexibility index (Phi) is 4.41. The summed E-state index contributed by atoms with van der Waals surface area (Å²) < 4.78 is 55.8. The Morgan fingerprint density at radius 2 is 1.76 bits per heavy atom. The van der Waals surface area contributed by atoms with E-state index in [-0.39, 0.29) is 27.7 Å². The smallest absolute Gasteiger partial charge is 0.417 e. The number of halogens is 3. The number of para-hydroxylation sites is 1. The average Bonchev–Trinajstić information content (AvgIpc) is 2.66. The van der Waals surface area contributed by atoms with Gasteiger partial charge in [0, 0.05) is 28.5 Å². The molecule has 0 N–H and O–H groups in total. The molecule has 0 aliphatic rings. The van der Waals surface area contributed by atoms with Crippen LogP contribution >= 0.6 is 0 Å². The number of hydrogen-bond donors (Lipinski definition) is 0. The Hall–Kier alpha value is -3.55. The van der Waals surface area contributed by atoms with E-state index in [1.54, 1.807) is 18.2 Å². The Morgan fingerprint density at radius 1 is 0.966 bits per heavy atom. The van der Waals surface area contributed by atoms with Crippen LogP contribution in [0.3, 0.4) is 0 Å². The van der Waals surface area contributed by atoms with Crippen molar-refractivity contribution in [2.24, 2.45) is 0 Å². The predicted octanol–water partition coefficient (Wildman–Crippen LogP) is 4.98. The van der Waals surface area contributed by atoms with Crippen molar-refractivity contribution >= 4 is 21.9 Å². The molecule has 2 aromatic carbocycles. The first-order valence-corrected chi connectivity index (χ1v) is 8.63. The molecule has 148 valence electrons. The topological polar surface area (TPSA) is 69.7 Å². The first kappa shape index (κ1) is 18.8. The lowest BCUT2D eigenvalue weighted by Crippen LogP contribution is -2.12. The number of ether oxygens (including phenoxy) is 1. The molecular formula is C21H13F3O5. The van der Waals surface area contributed by atoms with Gasteiger partial charge in [0.2, 0.25) is 0 Å². The summed E-state index contributed by atoms with van der Waals surface area (Å²) in [4.78, 5) is 24.3. The van der Waals surface area contributed by atoms with Crippen LogP contribution in [0.2, 0.25) is 0 Å². The molecule has 29 heavy (non-hydrogen) atoms. The summed E-state index contributed by atoms with van der Waals surface area (Å²) in [7, 11) is 0. The fraction of sp³-hybridized carbons (Fsp3) is 0.143. The highest BCUT2D eigenvalue weighted by atomic mass is 19.4. The van der Waals surface area contributed by atoms with Gasteiger partial charge in [-0.25, -0.2) is 9.59 Å². The van der Waals surface area contributed by atoms with E-state index in [9.17, 15) is 22.8 Å². The zero-order chi connectivity index (χ0) is 20.8. The third kappa shape index (κ3) is 3.37. The highest BCUT2D eigenvalue weighted by molar-refractivity contribution is 5.95. The lowest BCUT2D eigenvalue weighted by molar-refractivity contribution is -0.136. The third-order valence-electron chi connectivity index (χ3n) is 4.38. The minimum Gasteiger partial charge on any atom is -0.494 e. The molecule has 2 aromatic heterocycles. The molecule has 0 radical (unpaired) electrons. The van der Waals surface area contributed by atoms with Gasteiger partial charge in [-0.1, -0.05) is 18.2 Å². The van der Waals surface area contributed by atoms with E-state index < -0.39 is 23.0 Å². The van der Waals surface area contributed by atoms with Gasteiger partial charge in [0.05, 0.1) is 17.7 Å². The van der Waals surface area contributed by atoms with Crippen molar-refractivity contribution in [1.82, 2.24) is 0 Å². The molecule has 0 saturated heterocycles. The highest BCUT2D eigenvalue weighted by Crippen LogP contribution is 2.37. The van der Waals surface area contributed by atoms with Crippen LogP contribution in [0, 0.1) is 0 Å². The Balaban J connectivity index is 2.00. The standard InChI is InChI=1S/C21H13F3O5/c1-2-27-12-7-6-11-8-15(20(26)28-17(11)9-12)13-4-3-5-14-16(21(22,23)24)10-18(25)29-19(13)14/h3-10H,2H2,1H3. The SMILES string of the molecule is CCOc1ccc2cc(-c3cccc4c(C(F)(F)F)cc(=O)oc34)c(=O)oc2c1. The largest absolute Gasteiger partial charge is 0.494 e. The summed E-state index contributed by atoms with van der Waals surface area (Å²) in [5.74, 6) is 0.516. The molecule has 8 heteroatoms. The monoisotopic (exact) mass is 402 g/mol. The van der Waals surface area contributed by atoms with Crippen molar-refractivity contribution in [3.05, 3.63) is 74.9 Å². The predicted molar refractivity (Wildman–Crippen MR) is 100 cm³/mol. The van der Waals surface area contributed by atoms with Gasteiger partial charge in [0.25, 0.3) is 0 Å². The zero-order valence-electron chi connectivity index (χ0n) is 15.0. The van der Waals surface area contributed by atoms with Crippen molar-refractivity contribution in [2.45, 2.75) is 13.1 Å². The first-order chi connectivity index (χ1) is 13.8. The van der Waals surface area contributed by atoms with Crippen LogP contribution in [0.4, 0.5) is 13.2 Å². The second-order valence-electron chi connectivity index (χ2n) is 6.24. The Morgan fingerprint density at radius 3 is 2.48 bits per heavy atom. The lowest BCUT2D eigenvalue weighted by atomic mass is 10.0. The number of benzene rings is 2. The first-order valence-electron chi connectivity index (χ1n) is 8.63. The quantitative estimate of drug-likeness (QED) is 0.452. The normalized spacial score (nSPS) is 11.9. The number of fused-ring (bicyclic) bond motifs is 2. The Labute approximate surface area is 160 Å². The molecule has 0 fully saturated rings. The molecule has 4 aromatic rings. The van der Waals surface area contributed by atoms with E-state index >= 15 is 0 Å². The van der Waals surface area contributed by atoms with Crippen LogP contribution in [0.1, 0.15) is 12.5 Å². The van der Waals surface area contributed by atoms with Gasteiger partial charge in [0.15, 0.2) is 0 Å². The van der Waals surface area contributed by atoms with Crippen LogP contribution in [0.25, 0.3) is 33.1 Å². The molecule has 2 heterocycles. The fourth-order valence-corrected chi connectivity index (χ4v) is 3.17. The maximum Gasteiger partial charge on any atom is 0.417 e. The molecule has 0 aliphatic heterocycles. The maximum absolute atomic E-state index is 13.3. The van der Waals surface area contributed by atoms with Crippen LogP contribution in [0.15, 0.2) is 67.0 Å². The van der Waals surface area contributed by atoms with E-state index in [4.69, 9.17) is 13.6 Å². The van der Waals surface area contributed by atoms with E-state index in [0.29, 0.717) is 23.8 Å². The summed E-state index contributed by atoms with van der Waals surface area (Å²) in [5.41, 5.74) is -3.11. The average molecular weight is 402 g/mol. The maximum atomic E-state index is 13.3. The van der Waals surface area contributed by atoms with Crippen molar-refractivity contribution in [2.75, 3.05) is 6.61 Å². The molecule has 0 unspecified atom stereocenters. The van der Waals surface area contributed by atoms with E-state index in [2.05, 4.69) is 0 Å². The Bertz CT molecular complexity index is 1350. The van der Waals surface area contributed by atoms with Gasteiger partial charge >= 0.3 is 17.4 Å². The van der Waals surface area contributed by atoms with E-state index in [0.717, 1.165) is 0 Å². The highest BCUT2D eigenvalue weighted by Gasteiger charge is 2.34. The van der Waals surface area contributed by atoms with Crippen molar-refractivity contribution in [3.63, 3.8) is 0 Å². The van der Waals surface area contributed by atoms with Crippen molar-refractivity contribution in [1.29, 1.82) is 0 Å². The lowest BCUT2D eigenvalue weighted by Gasteiger charge is -2.11. The van der Waals surface area contributed by atoms with Crippen molar-refractivity contribution < 1.29 is 26.7 Å². The van der Waals surface area contributed by atoms with Gasteiger partial charge in [0.1, 0.15) is 16.9 Å². The van der Waals surface area contributed by atoms with Gasteiger partial charge in [-0.05, 0) is 25.1 Å². The summed E-state index contributed by atoms with van der Waals surface area (Å²) in [6.07, 6.45) is -4.75. The van der Waals surface area contributed by atoms with Gasteiger partial charge in [-0.15, -0.1) is 0 Å². The summed E-state index contributed by atoms with van der Waals surface area (Å²) in [5, 5.41) is 0.218. The molecule has 4 rings (SSSR count). The minimum atomic E-state index is -4.75. The molecule has 0 atom stereocenters. The van der Waals surface area contributed by atoms with Crippen LogP contribution in [-0.2, 0) is 6.18 Å². The van der Waals surface area contributed by atoms with Gasteiger partial charge in [-0.3, -0.25) is 0 Å². The third-order valence-corrected chi connectivity index (χ3v) is 4.38. The molecule has 0 aliphatic carbocycles. The van der Waals surface area contributed by atoms with Crippen LogP contribution in [0.5, 0.6) is 5.75 Å². The number of rotatable bonds is 3. The van der Waals surface area contributed by atoms with E-state index in [1.807, 2.05) is 6.92 Å².